The molecule has 0 amide bonds. The lowest BCUT2D eigenvalue weighted by atomic mass is 9.97. The molecule has 4 rings (SSSR count). The van der Waals surface area contributed by atoms with Crippen LogP contribution in [0.3, 0.4) is 0 Å². The van der Waals surface area contributed by atoms with Crippen LogP contribution in [0.1, 0.15) is 30.5 Å². The molecule has 0 N–H and O–H groups in total. The number of hydrogen-bond acceptors (Lipinski definition) is 1. The van der Waals surface area contributed by atoms with E-state index >= 15 is 0 Å². The van der Waals surface area contributed by atoms with Crippen molar-refractivity contribution in [2.24, 2.45) is 0 Å². The van der Waals surface area contributed by atoms with E-state index in [1.807, 2.05) is 19.1 Å². The van der Waals surface area contributed by atoms with Gasteiger partial charge in [0.15, 0.2) is 23.2 Å². The smallest absolute Gasteiger partial charge is 0.201 e. The van der Waals surface area contributed by atoms with Gasteiger partial charge in [0.05, 0.1) is 6.61 Å². The van der Waals surface area contributed by atoms with Crippen molar-refractivity contribution in [3.63, 3.8) is 0 Å². The molecule has 0 aliphatic carbocycles. The van der Waals surface area contributed by atoms with Crippen molar-refractivity contribution >= 4 is 12.2 Å². The maximum Gasteiger partial charge on any atom is 0.201 e. The Morgan fingerprint density at radius 3 is 1.71 bits per heavy atom. The summed E-state index contributed by atoms with van der Waals surface area (Å²) in [6.45, 7) is 3.95. The third kappa shape index (κ3) is 5.14. The first kappa shape index (κ1) is 24.3. The summed E-state index contributed by atoms with van der Waals surface area (Å²) in [7, 11) is 0. The second kappa shape index (κ2) is 10.6. The molecule has 0 radical (unpaired) electrons. The Bertz CT molecular complexity index is 1360. The largest absolute Gasteiger partial charge is 0.491 e. The lowest BCUT2D eigenvalue weighted by Crippen LogP contribution is -1.98. The van der Waals surface area contributed by atoms with E-state index < -0.39 is 23.3 Å². The van der Waals surface area contributed by atoms with Gasteiger partial charge in [0.25, 0.3) is 0 Å². The van der Waals surface area contributed by atoms with Gasteiger partial charge < -0.3 is 4.74 Å². The fourth-order valence-electron chi connectivity index (χ4n) is 3.82. The Hall–Kier alpha value is -3.86. The van der Waals surface area contributed by atoms with Crippen molar-refractivity contribution in [3.8, 4) is 28.0 Å². The molecule has 0 atom stereocenters. The number of halogens is 4. The first-order chi connectivity index (χ1) is 16.9. The van der Waals surface area contributed by atoms with Crippen molar-refractivity contribution in [2.75, 3.05) is 6.61 Å². The second-order valence-electron chi connectivity index (χ2n) is 8.01. The van der Waals surface area contributed by atoms with Crippen LogP contribution in [0.15, 0.2) is 72.8 Å². The summed E-state index contributed by atoms with van der Waals surface area (Å²) in [5.74, 6) is -3.98. The average molecular weight is 477 g/mol. The van der Waals surface area contributed by atoms with E-state index in [9.17, 15) is 17.6 Å². The van der Waals surface area contributed by atoms with E-state index in [-0.39, 0.29) is 29.0 Å². The predicted octanol–water partition coefficient (Wildman–Crippen LogP) is 8.71. The Morgan fingerprint density at radius 1 is 0.600 bits per heavy atom. The van der Waals surface area contributed by atoms with Crippen molar-refractivity contribution in [1.82, 2.24) is 0 Å². The molecule has 0 saturated carbocycles. The van der Waals surface area contributed by atoms with E-state index in [1.165, 1.54) is 18.2 Å². The quantitative estimate of drug-likeness (QED) is 0.191. The van der Waals surface area contributed by atoms with Crippen LogP contribution in [0.2, 0.25) is 0 Å². The molecule has 178 valence electrons. The fourth-order valence-corrected chi connectivity index (χ4v) is 3.82. The van der Waals surface area contributed by atoms with Gasteiger partial charge in [-0.1, -0.05) is 79.7 Å². The summed E-state index contributed by atoms with van der Waals surface area (Å²) in [6.07, 6.45) is 3.93. The summed E-state index contributed by atoms with van der Waals surface area (Å²) >= 11 is 0. The Balaban J connectivity index is 1.56. The molecule has 0 fully saturated rings. The fraction of sp³-hybridized carbons (Fsp3) is 0.133. The summed E-state index contributed by atoms with van der Waals surface area (Å²) in [4.78, 5) is 0. The Morgan fingerprint density at radius 2 is 1.17 bits per heavy atom. The van der Waals surface area contributed by atoms with Crippen LogP contribution in [0, 0.1) is 23.3 Å². The first-order valence-electron chi connectivity index (χ1n) is 11.4. The molecule has 4 aromatic carbocycles. The topological polar surface area (TPSA) is 9.23 Å². The van der Waals surface area contributed by atoms with Crippen LogP contribution >= 0.6 is 0 Å². The molecule has 0 heterocycles. The minimum absolute atomic E-state index is 0.0747. The number of ether oxygens (including phenoxy) is 1. The van der Waals surface area contributed by atoms with E-state index in [1.54, 1.807) is 61.5 Å². The van der Waals surface area contributed by atoms with Crippen molar-refractivity contribution < 1.29 is 22.3 Å². The van der Waals surface area contributed by atoms with Gasteiger partial charge in [0.2, 0.25) is 5.82 Å². The van der Waals surface area contributed by atoms with Gasteiger partial charge in [-0.3, -0.25) is 0 Å². The highest BCUT2D eigenvalue weighted by atomic mass is 19.2. The highest BCUT2D eigenvalue weighted by Crippen LogP contribution is 2.32. The van der Waals surface area contributed by atoms with Crippen molar-refractivity contribution in [1.29, 1.82) is 0 Å². The van der Waals surface area contributed by atoms with Crippen LogP contribution in [0.25, 0.3) is 34.4 Å². The first-order valence-corrected chi connectivity index (χ1v) is 11.4. The van der Waals surface area contributed by atoms with Crippen LogP contribution in [0.5, 0.6) is 5.75 Å². The SMILES string of the molecule is CCOc1ccc(C=Cc2ccc(-c3ccc(-c4ccc(CC)cc4)c(F)c3F)cc2)c(F)c1F. The summed E-state index contributed by atoms with van der Waals surface area (Å²) in [5.41, 5.74) is 3.36. The molecule has 5 heteroatoms. The van der Waals surface area contributed by atoms with E-state index in [0.29, 0.717) is 16.7 Å². The average Bonchev–Trinajstić information content (AvgIpc) is 2.88. The zero-order valence-electron chi connectivity index (χ0n) is 19.4. The van der Waals surface area contributed by atoms with Crippen molar-refractivity contribution in [3.05, 3.63) is 113 Å². The van der Waals surface area contributed by atoms with Gasteiger partial charge in [-0.05, 0) is 47.7 Å². The molecule has 35 heavy (non-hydrogen) atoms. The monoisotopic (exact) mass is 476 g/mol. The van der Waals surface area contributed by atoms with Crippen LogP contribution < -0.4 is 4.74 Å². The van der Waals surface area contributed by atoms with E-state index in [2.05, 4.69) is 0 Å². The minimum Gasteiger partial charge on any atom is -0.491 e. The third-order valence-electron chi connectivity index (χ3n) is 5.81. The standard InChI is InChI=1S/C30H24F4O/c1-3-19-5-10-21(11-6-19)24-16-17-25(29(33)28(24)32)22-12-7-20(8-13-22)9-14-23-15-18-26(35-4-2)30(34)27(23)31/h5-18H,3-4H2,1-2H3. The lowest BCUT2D eigenvalue weighted by molar-refractivity contribution is 0.314. The summed E-state index contributed by atoms with van der Waals surface area (Å²) in [6, 6.07) is 20.0. The molecule has 0 aliphatic rings. The van der Waals surface area contributed by atoms with Gasteiger partial charge in [0, 0.05) is 16.7 Å². The second-order valence-corrected chi connectivity index (χ2v) is 8.01. The molecule has 0 aliphatic heterocycles. The molecular formula is C30H24F4O. The maximum absolute atomic E-state index is 14.9. The van der Waals surface area contributed by atoms with Gasteiger partial charge >= 0.3 is 0 Å². The van der Waals surface area contributed by atoms with Gasteiger partial charge in [0.1, 0.15) is 0 Å². The van der Waals surface area contributed by atoms with Gasteiger partial charge in [-0.2, -0.15) is 4.39 Å². The highest BCUT2D eigenvalue weighted by Gasteiger charge is 2.16. The van der Waals surface area contributed by atoms with Crippen LogP contribution in [-0.4, -0.2) is 6.61 Å². The molecule has 0 aromatic heterocycles. The zero-order valence-corrected chi connectivity index (χ0v) is 19.4. The molecule has 0 bridgehead atoms. The molecule has 0 spiro atoms. The molecule has 0 unspecified atom stereocenters. The Labute approximate surface area is 202 Å². The molecule has 4 aromatic rings. The summed E-state index contributed by atoms with van der Waals surface area (Å²) in [5, 5.41) is 0. The zero-order chi connectivity index (χ0) is 24.9. The van der Waals surface area contributed by atoms with Crippen LogP contribution in [-0.2, 0) is 6.42 Å². The number of hydrogen-bond donors (Lipinski definition) is 0. The minimum atomic E-state index is -1.04. The third-order valence-corrected chi connectivity index (χ3v) is 5.81. The summed E-state index contributed by atoms with van der Waals surface area (Å²) < 4.78 is 63.2. The van der Waals surface area contributed by atoms with Gasteiger partial charge in [-0.15, -0.1) is 0 Å². The number of rotatable bonds is 7. The lowest BCUT2D eigenvalue weighted by Gasteiger charge is -2.10. The van der Waals surface area contributed by atoms with E-state index in [0.717, 1.165) is 12.0 Å². The van der Waals surface area contributed by atoms with Crippen LogP contribution in [0.4, 0.5) is 17.6 Å². The maximum atomic E-state index is 14.9. The normalized spacial score (nSPS) is 11.3. The molecule has 0 saturated heterocycles. The van der Waals surface area contributed by atoms with Crippen molar-refractivity contribution in [2.45, 2.75) is 20.3 Å². The highest BCUT2D eigenvalue weighted by molar-refractivity contribution is 5.75. The van der Waals surface area contributed by atoms with E-state index in [4.69, 9.17) is 4.74 Å². The number of benzene rings is 4. The van der Waals surface area contributed by atoms with Gasteiger partial charge in [-0.25, -0.2) is 13.2 Å². The predicted molar refractivity (Wildman–Crippen MR) is 133 cm³/mol. The Kier molecular flexibility index (Phi) is 7.35. The molecule has 1 nitrogen and oxygen atoms in total. The molecular weight excluding hydrogens is 452 g/mol. The number of aryl methyl sites for hydroxylation is 1.